The van der Waals surface area contributed by atoms with Crippen molar-refractivity contribution in [3.8, 4) is 17.0 Å². The van der Waals surface area contributed by atoms with Gasteiger partial charge in [0.2, 0.25) is 0 Å². The van der Waals surface area contributed by atoms with E-state index in [2.05, 4.69) is 34.2 Å². The number of hydrogen-bond donors (Lipinski definition) is 2. The quantitative estimate of drug-likeness (QED) is 0.515. The molecule has 0 aliphatic rings. The van der Waals surface area contributed by atoms with E-state index < -0.39 is 0 Å². The van der Waals surface area contributed by atoms with E-state index in [0.717, 1.165) is 47.4 Å². The molecule has 2 heterocycles. The van der Waals surface area contributed by atoms with Gasteiger partial charge < -0.3 is 10.1 Å². The van der Waals surface area contributed by atoms with E-state index in [1.807, 2.05) is 24.5 Å². The van der Waals surface area contributed by atoms with Gasteiger partial charge in [-0.15, -0.1) is 0 Å². The van der Waals surface area contributed by atoms with Gasteiger partial charge in [0.1, 0.15) is 11.6 Å². The number of halogens is 1. The van der Waals surface area contributed by atoms with E-state index in [4.69, 9.17) is 16.6 Å². The first-order valence-electron chi connectivity index (χ1n) is 8.56. The number of aromatic hydroxyl groups is 1. The maximum atomic E-state index is 9.48. The zero-order chi connectivity index (χ0) is 17.9. The highest BCUT2D eigenvalue weighted by Gasteiger charge is 2.05. The van der Waals surface area contributed by atoms with Gasteiger partial charge in [0.15, 0.2) is 0 Å². The van der Waals surface area contributed by atoms with Gasteiger partial charge in [-0.2, -0.15) is 0 Å². The van der Waals surface area contributed by atoms with Crippen LogP contribution in [0.3, 0.4) is 0 Å². The molecule has 4 nitrogen and oxygen atoms in total. The molecule has 2 aromatic carbocycles. The number of nitrogens with zero attached hydrogens (tertiary/aromatic N) is 2. The van der Waals surface area contributed by atoms with Crippen molar-refractivity contribution in [2.24, 2.45) is 0 Å². The number of nitrogens with one attached hydrogen (secondary N) is 1. The Hall–Kier alpha value is -2.85. The number of rotatable bonds is 5. The van der Waals surface area contributed by atoms with Crippen LogP contribution in [0.4, 0.5) is 0 Å². The zero-order valence-electron chi connectivity index (χ0n) is 14.1. The highest BCUT2D eigenvalue weighted by Crippen LogP contribution is 2.25. The van der Waals surface area contributed by atoms with Crippen LogP contribution >= 0.6 is 11.6 Å². The van der Waals surface area contributed by atoms with Crippen molar-refractivity contribution in [1.82, 2.24) is 15.0 Å². The van der Waals surface area contributed by atoms with Crippen LogP contribution in [0.1, 0.15) is 17.8 Å². The third kappa shape index (κ3) is 3.55. The number of phenolic OH excluding ortho intramolecular Hbond substituents is 1. The summed E-state index contributed by atoms with van der Waals surface area (Å²) in [5.74, 6) is 0.951. The number of aromatic amines is 1. The lowest BCUT2D eigenvalue weighted by atomic mass is 10.1. The van der Waals surface area contributed by atoms with E-state index in [1.54, 1.807) is 12.1 Å². The minimum Gasteiger partial charge on any atom is -0.506 e. The van der Waals surface area contributed by atoms with Crippen molar-refractivity contribution in [1.29, 1.82) is 0 Å². The van der Waals surface area contributed by atoms with Crippen molar-refractivity contribution in [2.45, 2.75) is 19.3 Å². The Bertz CT molecular complexity index is 1060. The largest absolute Gasteiger partial charge is 0.506 e. The van der Waals surface area contributed by atoms with Crippen LogP contribution in [-0.4, -0.2) is 20.1 Å². The second kappa shape index (κ2) is 7.18. The summed E-state index contributed by atoms with van der Waals surface area (Å²) < 4.78 is 0. The van der Waals surface area contributed by atoms with Crippen LogP contribution in [0.25, 0.3) is 22.2 Å². The monoisotopic (exact) mass is 363 g/mol. The lowest BCUT2D eigenvalue weighted by Crippen LogP contribution is -1.98. The maximum Gasteiger partial charge on any atom is 0.134 e. The van der Waals surface area contributed by atoms with Gasteiger partial charge in [0.05, 0.1) is 10.7 Å². The van der Waals surface area contributed by atoms with E-state index in [0.29, 0.717) is 5.02 Å². The standard InChI is InChI=1S/C21H18ClN3O/c22-17-12-14(4-7-20(17)26)2-1-3-21-24-11-9-19(25-21)15-5-6-18-16(13-15)8-10-23-18/h4-13,23,26H,1-3H2. The highest BCUT2D eigenvalue weighted by atomic mass is 35.5. The van der Waals surface area contributed by atoms with Gasteiger partial charge in [-0.05, 0) is 54.8 Å². The van der Waals surface area contributed by atoms with Gasteiger partial charge in [0.25, 0.3) is 0 Å². The first kappa shape index (κ1) is 16.6. The predicted molar refractivity (Wildman–Crippen MR) is 104 cm³/mol. The van der Waals surface area contributed by atoms with E-state index in [1.165, 1.54) is 5.39 Å². The molecule has 0 spiro atoms. The van der Waals surface area contributed by atoms with Crippen molar-refractivity contribution >= 4 is 22.5 Å². The average Bonchev–Trinajstić information content (AvgIpc) is 3.13. The van der Waals surface area contributed by atoms with Gasteiger partial charge in [-0.25, -0.2) is 9.97 Å². The van der Waals surface area contributed by atoms with Gasteiger partial charge in [0, 0.05) is 35.3 Å². The fourth-order valence-corrected chi connectivity index (χ4v) is 3.25. The van der Waals surface area contributed by atoms with E-state index in [-0.39, 0.29) is 5.75 Å². The van der Waals surface area contributed by atoms with Crippen molar-refractivity contribution in [3.05, 3.63) is 77.3 Å². The number of hydrogen-bond acceptors (Lipinski definition) is 3. The fourth-order valence-electron chi connectivity index (χ4n) is 3.05. The summed E-state index contributed by atoms with van der Waals surface area (Å²) in [5.41, 5.74) is 4.24. The van der Waals surface area contributed by atoms with Crippen LogP contribution in [-0.2, 0) is 12.8 Å². The number of aryl methyl sites for hydroxylation is 2. The lowest BCUT2D eigenvalue weighted by molar-refractivity contribution is 0.475. The zero-order valence-corrected chi connectivity index (χ0v) is 14.9. The molecule has 0 saturated heterocycles. The molecule has 0 bridgehead atoms. The van der Waals surface area contributed by atoms with Crippen LogP contribution < -0.4 is 0 Å². The molecular weight excluding hydrogens is 346 g/mol. The topological polar surface area (TPSA) is 61.8 Å². The predicted octanol–water partition coefficient (Wildman–Crippen LogP) is 5.16. The molecule has 0 atom stereocenters. The molecule has 0 aliphatic heterocycles. The summed E-state index contributed by atoms with van der Waals surface area (Å²) in [4.78, 5) is 12.3. The van der Waals surface area contributed by atoms with Crippen LogP contribution in [0, 0.1) is 0 Å². The minimum atomic E-state index is 0.117. The molecule has 0 aliphatic carbocycles. The minimum absolute atomic E-state index is 0.117. The molecule has 26 heavy (non-hydrogen) atoms. The summed E-state index contributed by atoms with van der Waals surface area (Å²) in [5, 5.41) is 11.0. The number of aromatic nitrogens is 3. The molecule has 5 heteroatoms. The summed E-state index contributed by atoms with van der Waals surface area (Å²) in [6.45, 7) is 0. The highest BCUT2D eigenvalue weighted by molar-refractivity contribution is 6.32. The lowest BCUT2D eigenvalue weighted by Gasteiger charge is -2.06. The molecule has 0 saturated carbocycles. The molecule has 130 valence electrons. The fraction of sp³-hybridized carbons (Fsp3) is 0.143. The van der Waals surface area contributed by atoms with E-state index in [9.17, 15) is 5.11 Å². The third-order valence-corrected chi connectivity index (χ3v) is 4.74. The molecule has 0 amide bonds. The normalized spacial score (nSPS) is 11.1. The van der Waals surface area contributed by atoms with Crippen molar-refractivity contribution in [2.75, 3.05) is 0 Å². The molecule has 0 unspecified atom stereocenters. The Morgan fingerprint density at radius 2 is 1.92 bits per heavy atom. The number of phenols is 1. The number of H-pyrrole nitrogens is 1. The molecule has 2 aromatic heterocycles. The molecule has 2 N–H and O–H groups in total. The Morgan fingerprint density at radius 3 is 2.81 bits per heavy atom. The molecule has 4 aromatic rings. The number of benzene rings is 2. The van der Waals surface area contributed by atoms with Crippen molar-refractivity contribution in [3.63, 3.8) is 0 Å². The molecular formula is C21H18ClN3O. The van der Waals surface area contributed by atoms with Crippen LogP contribution in [0.2, 0.25) is 5.02 Å². The summed E-state index contributed by atoms with van der Waals surface area (Å²) >= 11 is 5.95. The Kier molecular flexibility index (Phi) is 4.59. The Balaban J connectivity index is 1.46. The Labute approximate surface area is 156 Å². The van der Waals surface area contributed by atoms with Crippen molar-refractivity contribution < 1.29 is 5.11 Å². The third-order valence-electron chi connectivity index (χ3n) is 4.43. The van der Waals surface area contributed by atoms with Gasteiger partial charge in [-0.3, -0.25) is 0 Å². The van der Waals surface area contributed by atoms with Crippen LogP contribution in [0.15, 0.2) is 60.9 Å². The van der Waals surface area contributed by atoms with Gasteiger partial charge >= 0.3 is 0 Å². The average molecular weight is 364 g/mol. The summed E-state index contributed by atoms with van der Waals surface area (Å²) in [6, 6.07) is 15.6. The molecule has 4 rings (SSSR count). The first-order chi connectivity index (χ1) is 12.7. The molecule has 0 radical (unpaired) electrons. The second-order valence-corrected chi connectivity index (χ2v) is 6.68. The van der Waals surface area contributed by atoms with E-state index >= 15 is 0 Å². The van der Waals surface area contributed by atoms with Crippen LogP contribution in [0.5, 0.6) is 5.75 Å². The SMILES string of the molecule is Oc1ccc(CCCc2nccc(-c3ccc4[nH]ccc4c3)n2)cc1Cl. The number of fused-ring (bicyclic) bond motifs is 1. The first-order valence-corrected chi connectivity index (χ1v) is 8.94. The Morgan fingerprint density at radius 1 is 1.00 bits per heavy atom. The summed E-state index contributed by atoms with van der Waals surface area (Å²) in [6.07, 6.45) is 6.33. The van der Waals surface area contributed by atoms with Gasteiger partial charge in [-0.1, -0.05) is 23.7 Å². The second-order valence-electron chi connectivity index (χ2n) is 6.28. The molecule has 0 fully saturated rings. The summed E-state index contributed by atoms with van der Waals surface area (Å²) in [7, 11) is 0. The smallest absolute Gasteiger partial charge is 0.134 e. The maximum absolute atomic E-state index is 9.48.